The summed E-state index contributed by atoms with van der Waals surface area (Å²) in [5.74, 6) is 0.918. The van der Waals surface area contributed by atoms with Crippen LogP contribution in [0.5, 0.6) is 0 Å². The Labute approximate surface area is 126 Å². The van der Waals surface area contributed by atoms with Gasteiger partial charge >= 0.3 is 0 Å². The molecule has 0 spiro atoms. The molecule has 0 aliphatic rings. The molecule has 0 radical (unpaired) electrons. The van der Waals surface area contributed by atoms with Crippen LogP contribution in [0.2, 0.25) is 0 Å². The number of carbonyl (C=O) groups excluding carboxylic acids is 1. The van der Waals surface area contributed by atoms with Crippen molar-refractivity contribution in [2.24, 2.45) is 0 Å². The van der Waals surface area contributed by atoms with Gasteiger partial charge in [0.05, 0.1) is 5.56 Å². The predicted molar refractivity (Wildman–Crippen MR) is 83.7 cm³/mol. The van der Waals surface area contributed by atoms with E-state index in [0.29, 0.717) is 17.1 Å². The van der Waals surface area contributed by atoms with Crippen molar-refractivity contribution >= 4 is 23.1 Å². The van der Waals surface area contributed by atoms with Gasteiger partial charge in [0, 0.05) is 21.9 Å². The lowest BCUT2D eigenvalue weighted by atomic mass is 10.0. The summed E-state index contributed by atoms with van der Waals surface area (Å²) in [6.45, 7) is 3.80. The quantitative estimate of drug-likeness (QED) is 0.785. The van der Waals surface area contributed by atoms with Crippen LogP contribution in [-0.2, 0) is 0 Å². The third-order valence-electron chi connectivity index (χ3n) is 3.15. The van der Waals surface area contributed by atoms with Crippen molar-refractivity contribution in [3.05, 3.63) is 58.0 Å². The van der Waals surface area contributed by atoms with Gasteiger partial charge in [0.1, 0.15) is 5.76 Å². The maximum atomic E-state index is 12.4. The zero-order chi connectivity index (χ0) is 14.8. The van der Waals surface area contributed by atoms with Gasteiger partial charge < -0.3 is 9.84 Å². The lowest BCUT2D eigenvalue weighted by molar-refractivity contribution is 0.102. The van der Waals surface area contributed by atoms with Gasteiger partial charge in [0.2, 0.25) is 0 Å². The molecule has 1 N–H and O–H groups in total. The van der Waals surface area contributed by atoms with Gasteiger partial charge in [-0.3, -0.25) is 4.79 Å². The highest BCUT2D eigenvalue weighted by atomic mass is 32.1. The number of anilines is 1. The van der Waals surface area contributed by atoms with Crippen LogP contribution in [0.15, 0.2) is 46.3 Å². The Balaban J connectivity index is 1.94. The topological polar surface area (TPSA) is 55.1 Å². The van der Waals surface area contributed by atoms with Crippen molar-refractivity contribution in [2.45, 2.75) is 13.8 Å². The van der Waals surface area contributed by atoms with Crippen LogP contribution in [0.4, 0.5) is 5.82 Å². The molecule has 0 atom stereocenters. The second kappa shape index (κ2) is 5.54. The molecule has 0 aliphatic carbocycles. The molecule has 0 bridgehead atoms. The molecule has 2 aromatic heterocycles. The minimum absolute atomic E-state index is 0.175. The van der Waals surface area contributed by atoms with E-state index in [0.717, 1.165) is 16.0 Å². The van der Waals surface area contributed by atoms with E-state index < -0.39 is 0 Å². The maximum absolute atomic E-state index is 12.4. The molecular weight excluding hydrogens is 284 g/mol. The van der Waals surface area contributed by atoms with E-state index in [2.05, 4.69) is 10.5 Å². The SMILES string of the molecule is Cc1cc(NC(=O)c2csc(C)c2-c2ccccc2)no1. The van der Waals surface area contributed by atoms with Crippen molar-refractivity contribution in [3.8, 4) is 11.1 Å². The summed E-state index contributed by atoms with van der Waals surface area (Å²) in [4.78, 5) is 13.6. The van der Waals surface area contributed by atoms with Crippen molar-refractivity contribution in [1.29, 1.82) is 0 Å². The van der Waals surface area contributed by atoms with E-state index in [9.17, 15) is 4.79 Å². The third kappa shape index (κ3) is 2.73. The molecular formula is C16H14N2O2S. The number of amides is 1. The Kier molecular flexibility index (Phi) is 3.58. The number of rotatable bonds is 3. The molecule has 1 aromatic carbocycles. The van der Waals surface area contributed by atoms with Gasteiger partial charge in [-0.2, -0.15) is 0 Å². The lowest BCUT2D eigenvalue weighted by Crippen LogP contribution is -2.12. The third-order valence-corrected chi connectivity index (χ3v) is 4.06. The van der Waals surface area contributed by atoms with Crippen LogP contribution >= 0.6 is 11.3 Å². The Hall–Kier alpha value is -2.40. The summed E-state index contributed by atoms with van der Waals surface area (Å²) in [6.07, 6.45) is 0. The average Bonchev–Trinajstić information content (AvgIpc) is 3.06. The standard InChI is InChI=1S/C16H14N2O2S/c1-10-8-14(18-20-10)17-16(19)13-9-21-11(2)15(13)12-6-4-3-5-7-12/h3-9H,1-2H3,(H,17,18,19). The Morgan fingerprint density at radius 1 is 1.24 bits per heavy atom. The largest absolute Gasteiger partial charge is 0.360 e. The monoisotopic (exact) mass is 298 g/mol. The number of aromatic nitrogens is 1. The zero-order valence-corrected chi connectivity index (χ0v) is 12.5. The summed E-state index contributed by atoms with van der Waals surface area (Å²) in [5.41, 5.74) is 2.67. The van der Waals surface area contributed by atoms with Crippen molar-refractivity contribution < 1.29 is 9.32 Å². The number of nitrogens with one attached hydrogen (secondary N) is 1. The number of hydrogen-bond acceptors (Lipinski definition) is 4. The van der Waals surface area contributed by atoms with Crippen LogP contribution < -0.4 is 5.32 Å². The van der Waals surface area contributed by atoms with Gasteiger partial charge in [-0.25, -0.2) is 0 Å². The number of nitrogens with zero attached hydrogens (tertiary/aromatic N) is 1. The zero-order valence-electron chi connectivity index (χ0n) is 11.7. The molecule has 3 rings (SSSR count). The van der Waals surface area contributed by atoms with E-state index in [1.807, 2.05) is 42.6 Å². The highest BCUT2D eigenvalue weighted by molar-refractivity contribution is 7.10. The first-order valence-electron chi connectivity index (χ1n) is 6.53. The molecule has 0 fully saturated rings. The summed E-state index contributed by atoms with van der Waals surface area (Å²) in [6, 6.07) is 11.6. The fourth-order valence-corrected chi connectivity index (χ4v) is 3.06. The number of aryl methyl sites for hydroxylation is 2. The fourth-order valence-electron chi connectivity index (χ4n) is 2.19. The van der Waals surface area contributed by atoms with E-state index >= 15 is 0 Å². The highest BCUT2D eigenvalue weighted by Gasteiger charge is 2.18. The summed E-state index contributed by atoms with van der Waals surface area (Å²) in [5, 5.41) is 8.43. The van der Waals surface area contributed by atoms with E-state index in [4.69, 9.17) is 4.52 Å². The minimum Gasteiger partial charge on any atom is -0.360 e. The predicted octanol–water partition coefficient (Wildman–Crippen LogP) is 4.27. The fraction of sp³-hybridized carbons (Fsp3) is 0.125. The van der Waals surface area contributed by atoms with Gasteiger partial charge in [-0.15, -0.1) is 11.3 Å². The maximum Gasteiger partial charge on any atom is 0.258 e. The van der Waals surface area contributed by atoms with Crippen LogP contribution in [0, 0.1) is 13.8 Å². The van der Waals surface area contributed by atoms with Crippen LogP contribution in [-0.4, -0.2) is 11.1 Å². The number of hydrogen-bond donors (Lipinski definition) is 1. The van der Waals surface area contributed by atoms with Gasteiger partial charge in [0.15, 0.2) is 5.82 Å². The van der Waals surface area contributed by atoms with Crippen molar-refractivity contribution in [3.63, 3.8) is 0 Å². The molecule has 0 aliphatic heterocycles. The van der Waals surface area contributed by atoms with Crippen LogP contribution in [0.3, 0.4) is 0 Å². The Morgan fingerprint density at radius 3 is 2.67 bits per heavy atom. The summed E-state index contributed by atoms with van der Waals surface area (Å²) in [7, 11) is 0. The molecule has 1 amide bonds. The van der Waals surface area contributed by atoms with Crippen molar-refractivity contribution in [1.82, 2.24) is 5.16 Å². The molecule has 106 valence electrons. The first-order chi connectivity index (χ1) is 10.1. The van der Waals surface area contributed by atoms with Gasteiger partial charge in [-0.1, -0.05) is 35.5 Å². The first kappa shape index (κ1) is 13.6. The second-order valence-corrected chi connectivity index (χ2v) is 5.81. The number of carbonyl (C=O) groups is 1. The van der Waals surface area contributed by atoms with Crippen LogP contribution in [0.25, 0.3) is 11.1 Å². The normalized spacial score (nSPS) is 10.6. The van der Waals surface area contributed by atoms with E-state index in [-0.39, 0.29) is 5.91 Å². The first-order valence-corrected chi connectivity index (χ1v) is 7.41. The second-order valence-electron chi connectivity index (χ2n) is 4.72. The molecule has 4 nitrogen and oxygen atoms in total. The minimum atomic E-state index is -0.175. The molecule has 0 saturated heterocycles. The molecule has 0 unspecified atom stereocenters. The summed E-state index contributed by atoms with van der Waals surface area (Å²) >= 11 is 1.57. The van der Waals surface area contributed by atoms with Crippen LogP contribution in [0.1, 0.15) is 21.0 Å². The van der Waals surface area contributed by atoms with Crippen molar-refractivity contribution in [2.75, 3.05) is 5.32 Å². The molecule has 2 heterocycles. The molecule has 21 heavy (non-hydrogen) atoms. The van der Waals surface area contributed by atoms with Gasteiger partial charge in [-0.05, 0) is 19.4 Å². The number of benzene rings is 1. The summed E-state index contributed by atoms with van der Waals surface area (Å²) < 4.78 is 4.96. The smallest absolute Gasteiger partial charge is 0.258 e. The molecule has 0 saturated carbocycles. The average molecular weight is 298 g/mol. The Bertz CT molecular complexity index is 775. The van der Waals surface area contributed by atoms with Gasteiger partial charge in [0.25, 0.3) is 5.91 Å². The molecule has 5 heteroatoms. The van der Waals surface area contributed by atoms with E-state index in [1.54, 1.807) is 24.3 Å². The highest BCUT2D eigenvalue weighted by Crippen LogP contribution is 2.32. The van der Waals surface area contributed by atoms with E-state index in [1.165, 1.54) is 0 Å². The number of thiophene rings is 1. The lowest BCUT2D eigenvalue weighted by Gasteiger charge is -2.05. The molecule has 3 aromatic rings. The Morgan fingerprint density at radius 2 is 2.00 bits per heavy atom.